The van der Waals surface area contributed by atoms with E-state index in [-0.39, 0.29) is 36.6 Å². The van der Waals surface area contributed by atoms with Crippen LogP contribution in [0.2, 0.25) is 0 Å². The molecule has 0 aliphatic heterocycles. The predicted molar refractivity (Wildman–Crippen MR) is 175 cm³/mol. The van der Waals surface area contributed by atoms with Crippen LogP contribution in [0.3, 0.4) is 0 Å². The average Bonchev–Trinajstić information content (AvgIpc) is 2.97. The fourth-order valence-corrected chi connectivity index (χ4v) is 6.53. The van der Waals surface area contributed by atoms with Crippen LogP contribution >= 0.6 is 0 Å². The molecule has 0 aliphatic carbocycles. The second-order valence-corrected chi connectivity index (χ2v) is 13.8. The molecule has 2 N–H and O–H groups in total. The number of nitrogens with one attached hydrogen (secondary N) is 2. The van der Waals surface area contributed by atoms with Gasteiger partial charge in [0.2, 0.25) is 0 Å². The smallest absolute Gasteiger partial charge is 1.00 e. The summed E-state index contributed by atoms with van der Waals surface area (Å²) in [5, 5.41) is 0. The van der Waals surface area contributed by atoms with Crippen LogP contribution in [-0.4, -0.2) is 11.8 Å². The molecule has 256 valence electrons. The minimum absolute atomic E-state index is 0. The van der Waals surface area contributed by atoms with Gasteiger partial charge < -0.3 is 24.8 Å². The van der Waals surface area contributed by atoms with Gasteiger partial charge in [-0.05, 0) is 0 Å². The number of halogens is 2. The molecule has 43 heavy (non-hydrogen) atoms. The van der Waals surface area contributed by atoms with Gasteiger partial charge in [-0.1, -0.05) is 90.9 Å². The third kappa shape index (κ3) is 42.2. The van der Waals surface area contributed by atoms with Gasteiger partial charge in [-0.25, -0.2) is 0 Å². The Labute approximate surface area is 291 Å². The molecule has 0 saturated heterocycles. The minimum atomic E-state index is -0.886. The summed E-state index contributed by atoms with van der Waals surface area (Å²) in [6, 6.07) is 0. The first-order valence-corrected chi connectivity index (χ1v) is 20.1. The summed E-state index contributed by atoms with van der Waals surface area (Å²) in [4.78, 5) is 24.1. The first-order valence-electron chi connectivity index (χ1n) is 18.5. The molecule has 0 saturated carbocycles. The zero-order chi connectivity index (χ0) is 29.9. The second-order valence-electron chi connectivity index (χ2n) is 12.6. The molecule has 0 bridgehead atoms. The van der Waals surface area contributed by atoms with Gasteiger partial charge in [0.1, 0.15) is 0 Å². The van der Waals surface area contributed by atoms with Gasteiger partial charge in [-0.3, -0.25) is 0 Å². The summed E-state index contributed by atoms with van der Waals surface area (Å²) < 4.78 is 5.94. The molecule has 0 aliphatic rings. The van der Waals surface area contributed by atoms with Crippen LogP contribution in [-0.2, 0) is 29.3 Å². The van der Waals surface area contributed by atoms with Crippen molar-refractivity contribution in [1.29, 1.82) is 0 Å². The van der Waals surface area contributed by atoms with Gasteiger partial charge in [0.25, 0.3) is 0 Å². The maximum absolute atomic E-state index is 12.0. The number of unbranched alkanes of at least 4 members (excludes halogenated alkanes) is 28. The van der Waals surface area contributed by atoms with E-state index in [1.165, 1.54) is 167 Å². The van der Waals surface area contributed by atoms with Crippen LogP contribution < -0.4 is 32.4 Å². The predicted octanol–water partition coefficient (Wildman–Crippen LogP) is 5.66. The fourth-order valence-electron chi connectivity index (χ4n) is 5.61. The normalized spacial score (nSPS) is 10.5. The molecule has 0 spiro atoms. The molecule has 0 aromatic rings. The zero-order valence-electron chi connectivity index (χ0n) is 28.7. The van der Waals surface area contributed by atoms with Gasteiger partial charge in [-0.2, -0.15) is 0 Å². The first kappa shape index (κ1) is 47.6. The van der Waals surface area contributed by atoms with E-state index in [2.05, 4.69) is 21.4 Å². The van der Waals surface area contributed by atoms with E-state index in [0.29, 0.717) is 12.8 Å². The molecule has 0 radical (unpaired) electrons. The minimum Gasteiger partial charge on any atom is -1.00 e. The van der Waals surface area contributed by atoms with Crippen molar-refractivity contribution in [2.75, 3.05) is 0 Å². The van der Waals surface area contributed by atoms with Crippen molar-refractivity contribution in [3.05, 3.63) is 0 Å². The van der Waals surface area contributed by atoms with Crippen molar-refractivity contribution in [1.82, 2.24) is 7.60 Å². The molecule has 4 nitrogen and oxygen atoms in total. The Kier molecular flexibility index (Phi) is 46.8. The zero-order valence-corrected chi connectivity index (χ0v) is 31.8. The Hall–Kier alpha value is 0.234. The fraction of sp³-hybridized carbons (Fsp3) is 0.944. The third-order valence-electron chi connectivity index (χ3n) is 8.42. The van der Waals surface area contributed by atoms with E-state index in [9.17, 15) is 9.59 Å². The average molecular weight is 684 g/mol. The number of carbonyl (C=O) groups is 2. The molecule has 0 aromatic carbocycles. The number of amides is 2. The summed E-state index contributed by atoms with van der Waals surface area (Å²) >= 11 is -0.886. The summed E-state index contributed by atoms with van der Waals surface area (Å²) in [5.74, 6) is 0.235. The van der Waals surface area contributed by atoms with E-state index in [1.54, 1.807) is 0 Å². The van der Waals surface area contributed by atoms with E-state index < -0.39 is 19.7 Å². The molecule has 0 fully saturated rings. The SMILES string of the molecule is CCCCCCCCCCCCCCCCCC(=O)[NH][Ti+2][NH]C(=O)CCCCCCCCCCCCCCCCC.[Cl-].[Cl-]. The van der Waals surface area contributed by atoms with Crippen molar-refractivity contribution in [2.24, 2.45) is 0 Å². The van der Waals surface area contributed by atoms with Crippen LogP contribution in [0, 0.1) is 0 Å². The third-order valence-corrected chi connectivity index (χ3v) is 9.68. The molecule has 2 amide bonds. The Morgan fingerprint density at radius 1 is 0.349 bits per heavy atom. The Morgan fingerprint density at radius 3 is 0.744 bits per heavy atom. The molecule has 7 heteroatoms. The van der Waals surface area contributed by atoms with Crippen LogP contribution in [0.4, 0.5) is 0 Å². The topological polar surface area (TPSA) is 58.2 Å². The van der Waals surface area contributed by atoms with Crippen molar-refractivity contribution in [3.8, 4) is 0 Å². The summed E-state index contributed by atoms with van der Waals surface area (Å²) in [6.45, 7) is 4.56. The van der Waals surface area contributed by atoms with Gasteiger partial charge in [0.15, 0.2) is 0 Å². The molecule has 0 unspecified atom stereocenters. The maximum atomic E-state index is 12.0. The van der Waals surface area contributed by atoms with Crippen molar-refractivity contribution in [2.45, 2.75) is 219 Å². The Bertz CT molecular complexity index is 509. The van der Waals surface area contributed by atoms with E-state index >= 15 is 0 Å². The summed E-state index contributed by atoms with van der Waals surface area (Å²) in [7, 11) is 0. The van der Waals surface area contributed by atoms with Crippen LogP contribution in [0.15, 0.2) is 0 Å². The summed E-state index contributed by atoms with van der Waals surface area (Å²) in [6.07, 6.45) is 41.4. The second kappa shape index (κ2) is 42.2. The summed E-state index contributed by atoms with van der Waals surface area (Å²) in [5.41, 5.74) is 0. The molecular formula is C36H72Cl2N2O2Ti. The number of hydrogen-bond acceptors (Lipinski definition) is 2. The van der Waals surface area contributed by atoms with E-state index in [0.717, 1.165) is 25.7 Å². The standard InChI is InChI=1S/2C18H37NO.2ClH.Ti/c2*1-2-3-4-5-6-7-8-9-10-11-12-13-14-15-16-17-18(19)20;;;/h2*2-17H2,1H3,(H2,19,20);2*1H;/q;;;;+4/p-4. The van der Waals surface area contributed by atoms with E-state index in [4.69, 9.17) is 0 Å². The van der Waals surface area contributed by atoms with Crippen LogP contribution in [0.1, 0.15) is 219 Å². The first-order chi connectivity index (χ1) is 20.2. The quantitative estimate of drug-likeness (QED) is 0.0680. The van der Waals surface area contributed by atoms with Crippen molar-refractivity contribution >= 4 is 11.8 Å². The van der Waals surface area contributed by atoms with Crippen molar-refractivity contribution < 1.29 is 54.1 Å². The molecular weight excluding hydrogens is 611 g/mol. The Morgan fingerprint density at radius 2 is 0.535 bits per heavy atom. The molecule has 0 rings (SSSR count). The molecule has 0 heterocycles. The van der Waals surface area contributed by atoms with Gasteiger partial charge in [-0.15, -0.1) is 0 Å². The van der Waals surface area contributed by atoms with Crippen LogP contribution in [0.25, 0.3) is 0 Å². The van der Waals surface area contributed by atoms with Gasteiger partial charge in [0.05, 0.1) is 0 Å². The Balaban J connectivity index is -0.00000800. The van der Waals surface area contributed by atoms with Gasteiger partial charge >= 0.3 is 177 Å². The van der Waals surface area contributed by atoms with Crippen LogP contribution in [0.5, 0.6) is 0 Å². The molecule has 0 atom stereocenters. The molecule has 0 aromatic heterocycles. The number of carbonyl (C=O) groups excluding carboxylic acids is 2. The number of hydrogen-bond donors (Lipinski definition) is 2. The van der Waals surface area contributed by atoms with Crippen molar-refractivity contribution in [3.63, 3.8) is 0 Å². The van der Waals surface area contributed by atoms with Gasteiger partial charge in [0, 0.05) is 0 Å². The monoisotopic (exact) mass is 682 g/mol. The number of rotatable bonds is 34. The van der Waals surface area contributed by atoms with E-state index in [1.807, 2.05) is 0 Å².